The van der Waals surface area contributed by atoms with Crippen LogP contribution in [0.3, 0.4) is 0 Å². The van der Waals surface area contributed by atoms with Crippen LogP contribution in [0.5, 0.6) is 5.75 Å². The molecule has 1 amide bonds. The minimum absolute atomic E-state index is 0.0151. The van der Waals surface area contributed by atoms with E-state index in [1.54, 1.807) is 31.2 Å². The molecule has 0 fully saturated rings. The fourth-order valence-corrected chi connectivity index (χ4v) is 4.64. The van der Waals surface area contributed by atoms with Gasteiger partial charge in [0.2, 0.25) is 0 Å². The molecule has 0 aliphatic heterocycles. The number of anilines is 2. The van der Waals surface area contributed by atoms with Crippen LogP contribution >= 0.6 is 11.3 Å². The molecule has 0 unspecified atom stereocenters. The molecule has 2 aromatic carbocycles. The Kier molecular flexibility index (Phi) is 7.11. The Morgan fingerprint density at radius 1 is 1.12 bits per heavy atom. The molecular weight excluding hydrogens is 454 g/mol. The maximum absolute atomic E-state index is 13.0. The minimum Gasteiger partial charge on any atom is -0.495 e. The topological polar surface area (TPSA) is 115 Å². The van der Waals surface area contributed by atoms with Crippen molar-refractivity contribution in [2.45, 2.75) is 11.8 Å². The SMILES string of the molecule is CCOC(=O)c1csc(NC(=O)c2ccc(S(=O)(=O)N(C)c3ccccc3OC)cc2)n1. The highest BCUT2D eigenvalue weighted by molar-refractivity contribution is 7.92. The molecule has 0 saturated heterocycles. The lowest BCUT2D eigenvalue weighted by Crippen LogP contribution is -2.27. The predicted molar refractivity (Wildman–Crippen MR) is 121 cm³/mol. The molecule has 0 radical (unpaired) electrons. The van der Waals surface area contributed by atoms with Crippen molar-refractivity contribution in [3.8, 4) is 5.75 Å². The van der Waals surface area contributed by atoms with Gasteiger partial charge in [-0.2, -0.15) is 0 Å². The smallest absolute Gasteiger partial charge is 0.357 e. The van der Waals surface area contributed by atoms with E-state index < -0.39 is 21.9 Å². The van der Waals surface area contributed by atoms with E-state index in [-0.39, 0.29) is 27.9 Å². The van der Waals surface area contributed by atoms with E-state index in [4.69, 9.17) is 9.47 Å². The number of thiazole rings is 1. The average Bonchev–Trinajstić information content (AvgIpc) is 3.27. The Morgan fingerprint density at radius 3 is 2.47 bits per heavy atom. The van der Waals surface area contributed by atoms with E-state index in [0.717, 1.165) is 15.6 Å². The van der Waals surface area contributed by atoms with Gasteiger partial charge in [0.15, 0.2) is 10.8 Å². The van der Waals surface area contributed by atoms with Gasteiger partial charge in [-0.05, 0) is 43.3 Å². The molecule has 0 atom stereocenters. The van der Waals surface area contributed by atoms with Crippen molar-refractivity contribution in [1.82, 2.24) is 4.98 Å². The molecule has 32 heavy (non-hydrogen) atoms. The van der Waals surface area contributed by atoms with Crippen LogP contribution in [0.25, 0.3) is 0 Å². The summed E-state index contributed by atoms with van der Waals surface area (Å²) in [6, 6.07) is 12.3. The fourth-order valence-electron chi connectivity index (χ4n) is 2.76. The lowest BCUT2D eigenvalue weighted by atomic mass is 10.2. The number of ether oxygens (including phenoxy) is 2. The molecule has 0 bridgehead atoms. The van der Waals surface area contributed by atoms with Crippen molar-refractivity contribution in [1.29, 1.82) is 0 Å². The quantitative estimate of drug-likeness (QED) is 0.497. The molecular formula is C21H21N3O6S2. The van der Waals surface area contributed by atoms with Gasteiger partial charge in [-0.15, -0.1) is 11.3 Å². The number of carbonyl (C=O) groups is 2. The average molecular weight is 476 g/mol. The number of esters is 1. The van der Waals surface area contributed by atoms with E-state index in [1.165, 1.54) is 43.8 Å². The predicted octanol–water partition coefficient (Wildman–Crippen LogP) is 3.41. The summed E-state index contributed by atoms with van der Waals surface area (Å²) in [4.78, 5) is 28.2. The van der Waals surface area contributed by atoms with Gasteiger partial charge in [-0.1, -0.05) is 12.1 Å². The zero-order valence-electron chi connectivity index (χ0n) is 17.6. The maximum atomic E-state index is 13.0. The fraction of sp³-hybridized carbons (Fsp3) is 0.190. The molecule has 168 valence electrons. The number of methoxy groups -OCH3 is 1. The standard InChI is InChI=1S/C21H21N3O6S2/c1-4-30-20(26)16-13-31-21(22-16)23-19(25)14-9-11-15(12-10-14)32(27,28)24(2)17-7-5-6-8-18(17)29-3/h5-13H,4H2,1-3H3,(H,22,23,25). The van der Waals surface area contributed by atoms with Crippen LogP contribution in [-0.2, 0) is 14.8 Å². The van der Waals surface area contributed by atoms with Gasteiger partial charge in [0.25, 0.3) is 15.9 Å². The zero-order valence-corrected chi connectivity index (χ0v) is 19.2. The Balaban J connectivity index is 1.75. The second kappa shape index (κ2) is 9.79. The summed E-state index contributed by atoms with van der Waals surface area (Å²) in [6.07, 6.45) is 0. The van der Waals surface area contributed by atoms with Crippen molar-refractivity contribution >= 4 is 44.1 Å². The van der Waals surface area contributed by atoms with Crippen LogP contribution in [0.2, 0.25) is 0 Å². The third-order valence-electron chi connectivity index (χ3n) is 4.41. The molecule has 11 heteroatoms. The summed E-state index contributed by atoms with van der Waals surface area (Å²) >= 11 is 1.08. The molecule has 0 spiro atoms. The van der Waals surface area contributed by atoms with Crippen molar-refractivity contribution in [3.05, 3.63) is 65.2 Å². The Bertz CT molecular complexity index is 1220. The molecule has 0 saturated carbocycles. The van der Waals surface area contributed by atoms with Gasteiger partial charge >= 0.3 is 5.97 Å². The van der Waals surface area contributed by atoms with Crippen LogP contribution in [0.15, 0.2) is 58.8 Å². The number of nitrogens with zero attached hydrogens (tertiary/aromatic N) is 2. The third kappa shape index (κ3) is 4.89. The van der Waals surface area contributed by atoms with Gasteiger partial charge < -0.3 is 9.47 Å². The number of nitrogens with one attached hydrogen (secondary N) is 1. The van der Waals surface area contributed by atoms with Crippen LogP contribution in [-0.4, -0.2) is 46.0 Å². The molecule has 3 aromatic rings. The van der Waals surface area contributed by atoms with Crippen LogP contribution in [0.4, 0.5) is 10.8 Å². The number of hydrogen-bond donors (Lipinski definition) is 1. The highest BCUT2D eigenvalue weighted by Gasteiger charge is 2.24. The van der Waals surface area contributed by atoms with Crippen molar-refractivity contribution in [2.75, 3.05) is 30.4 Å². The zero-order chi connectivity index (χ0) is 23.3. The number of aromatic nitrogens is 1. The van der Waals surface area contributed by atoms with Crippen LogP contribution in [0.1, 0.15) is 27.8 Å². The molecule has 9 nitrogen and oxygen atoms in total. The van der Waals surface area contributed by atoms with Crippen molar-refractivity contribution in [3.63, 3.8) is 0 Å². The van der Waals surface area contributed by atoms with E-state index in [1.807, 2.05) is 0 Å². The largest absolute Gasteiger partial charge is 0.495 e. The van der Waals surface area contributed by atoms with E-state index >= 15 is 0 Å². The van der Waals surface area contributed by atoms with Crippen LogP contribution in [0, 0.1) is 0 Å². The Labute approximate surface area is 189 Å². The first-order valence-electron chi connectivity index (χ1n) is 9.44. The normalized spacial score (nSPS) is 11.0. The lowest BCUT2D eigenvalue weighted by molar-refractivity contribution is 0.0520. The maximum Gasteiger partial charge on any atom is 0.357 e. The third-order valence-corrected chi connectivity index (χ3v) is 6.95. The highest BCUT2D eigenvalue weighted by Crippen LogP contribution is 2.31. The second-order valence-corrected chi connectivity index (χ2v) is 9.21. The molecule has 1 N–H and O–H groups in total. The summed E-state index contributed by atoms with van der Waals surface area (Å²) in [7, 11) is -0.987. The number of hydrogen-bond acceptors (Lipinski definition) is 8. The Hall–Kier alpha value is -3.44. The second-order valence-electron chi connectivity index (χ2n) is 6.38. The summed E-state index contributed by atoms with van der Waals surface area (Å²) in [5.41, 5.74) is 0.725. The number of benzene rings is 2. The van der Waals surface area contributed by atoms with E-state index in [0.29, 0.717) is 11.4 Å². The van der Waals surface area contributed by atoms with Gasteiger partial charge in [0.05, 0.1) is 24.3 Å². The molecule has 0 aliphatic carbocycles. The number of amides is 1. The lowest BCUT2D eigenvalue weighted by Gasteiger charge is -2.21. The first-order valence-corrected chi connectivity index (χ1v) is 11.8. The van der Waals surface area contributed by atoms with Crippen LogP contribution < -0.4 is 14.4 Å². The number of para-hydroxylation sites is 2. The summed E-state index contributed by atoms with van der Waals surface area (Å²) in [5.74, 6) is -0.644. The van der Waals surface area contributed by atoms with Crippen molar-refractivity contribution in [2.24, 2.45) is 0 Å². The summed E-state index contributed by atoms with van der Waals surface area (Å²) in [5, 5.41) is 4.29. The number of sulfonamides is 1. The number of rotatable bonds is 8. The van der Waals surface area contributed by atoms with Gasteiger partial charge in [0.1, 0.15) is 5.75 Å². The molecule has 0 aliphatic rings. The Morgan fingerprint density at radius 2 is 1.81 bits per heavy atom. The molecule has 1 heterocycles. The number of carbonyl (C=O) groups excluding carboxylic acids is 2. The molecule has 3 rings (SSSR count). The minimum atomic E-state index is -3.88. The first-order chi connectivity index (χ1) is 15.3. The van der Waals surface area contributed by atoms with Gasteiger partial charge in [-0.3, -0.25) is 14.4 Å². The summed E-state index contributed by atoms with van der Waals surface area (Å²) in [6.45, 7) is 1.91. The van der Waals surface area contributed by atoms with E-state index in [9.17, 15) is 18.0 Å². The molecule has 1 aromatic heterocycles. The highest BCUT2D eigenvalue weighted by atomic mass is 32.2. The summed E-state index contributed by atoms with van der Waals surface area (Å²) < 4.78 is 37.2. The van der Waals surface area contributed by atoms with Crippen molar-refractivity contribution < 1.29 is 27.5 Å². The monoisotopic (exact) mass is 475 g/mol. The first kappa shape index (κ1) is 23.2. The van der Waals surface area contributed by atoms with Gasteiger partial charge in [-0.25, -0.2) is 18.2 Å². The van der Waals surface area contributed by atoms with E-state index in [2.05, 4.69) is 10.3 Å². The van der Waals surface area contributed by atoms with Gasteiger partial charge in [0, 0.05) is 18.0 Å².